The summed E-state index contributed by atoms with van der Waals surface area (Å²) in [5, 5.41) is 14.0. The molecule has 3 aromatic rings. The summed E-state index contributed by atoms with van der Waals surface area (Å²) < 4.78 is 11.8. The average Bonchev–Trinajstić information content (AvgIpc) is 3.10. The number of nitrogens with zero attached hydrogens (tertiary/aromatic N) is 4. The molecule has 0 atom stereocenters. The number of ether oxygens (including phenoxy) is 2. The molecule has 0 saturated carbocycles. The van der Waals surface area contributed by atoms with Gasteiger partial charge in [0, 0.05) is 54.5 Å². The highest BCUT2D eigenvalue weighted by Gasteiger charge is 2.18. The van der Waals surface area contributed by atoms with Gasteiger partial charge in [0.25, 0.3) is 0 Å². The lowest BCUT2D eigenvalue weighted by Crippen LogP contribution is -2.04. The molecule has 8 heteroatoms. The third-order valence-corrected chi connectivity index (χ3v) is 4.44. The summed E-state index contributed by atoms with van der Waals surface area (Å²) in [6.07, 6.45) is 8.45. The van der Waals surface area contributed by atoms with Gasteiger partial charge in [-0.2, -0.15) is 5.10 Å². The van der Waals surface area contributed by atoms with Crippen molar-refractivity contribution in [1.82, 2.24) is 19.7 Å². The highest BCUT2D eigenvalue weighted by molar-refractivity contribution is 5.97. The van der Waals surface area contributed by atoms with Gasteiger partial charge in [-0.15, -0.1) is 0 Å². The molecule has 29 heavy (non-hydrogen) atoms. The van der Waals surface area contributed by atoms with E-state index in [1.807, 2.05) is 49.3 Å². The maximum atomic E-state index is 10.5. The van der Waals surface area contributed by atoms with Gasteiger partial charge in [0.2, 0.25) is 0 Å². The number of carbonyl (C=O) groups is 1. The van der Waals surface area contributed by atoms with Gasteiger partial charge in [-0.25, -0.2) is 14.5 Å². The van der Waals surface area contributed by atoms with Crippen molar-refractivity contribution in [3.05, 3.63) is 47.6 Å². The van der Waals surface area contributed by atoms with Crippen LogP contribution >= 0.6 is 0 Å². The second-order valence-corrected chi connectivity index (χ2v) is 6.53. The van der Waals surface area contributed by atoms with Crippen LogP contribution in [0.5, 0.6) is 0 Å². The summed E-state index contributed by atoms with van der Waals surface area (Å²) in [7, 11) is 1.63. The second-order valence-electron chi connectivity index (χ2n) is 6.53. The van der Waals surface area contributed by atoms with Crippen LogP contribution in [0.2, 0.25) is 0 Å². The largest absolute Gasteiger partial charge is 0.505 e. The zero-order valence-electron chi connectivity index (χ0n) is 16.8. The number of aryl methyl sites for hydroxylation is 2. The highest BCUT2D eigenvalue weighted by Crippen LogP contribution is 2.34. The molecule has 0 aliphatic rings. The molecule has 0 spiro atoms. The summed E-state index contributed by atoms with van der Waals surface area (Å²) >= 11 is 0. The number of fused-ring (bicyclic) bond motifs is 1. The molecule has 0 aliphatic carbocycles. The predicted molar refractivity (Wildman–Crippen MR) is 110 cm³/mol. The van der Waals surface area contributed by atoms with E-state index in [9.17, 15) is 4.79 Å². The number of methoxy groups -OCH3 is 1. The van der Waals surface area contributed by atoms with Crippen LogP contribution in [0.3, 0.4) is 0 Å². The van der Waals surface area contributed by atoms with E-state index in [1.165, 1.54) is 0 Å². The van der Waals surface area contributed by atoms with Crippen molar-refractivity contribution in [2.45, 2.75) is 33.4 Å². The Bertz CT molecular complexity index is 1040. The molecule has 0 unspecified atom stereocenters. The van der Waals surface area contributed by atoms with Gasteiger partial charge in [-0.3, -0.25) is 4.98 Å². The first-order valence-corrected chi connectivity index (χ1v) is 9.36. The van der Waals surface area contributed by atoms with Gasteiger partial charge >= 0.3 is 6.16 Å². The zero-order valence-corrected chi connectivity index (χ0v) is 16.8. The van der Waals surface area contributed by atoms with Crippen LogP contribution in [0.4, 0.5) is 4.79 Å². The minimum Gasteiger partial charge on any atom is -0.450 e. The number of carboxylic acid groups (broad SMARTS) is 1. The molecular weight excluding hydrogens is 372 g/mol. The van der Waals surface area contributed by atoms with Crippen LogP contribution < -0.4 is 0 Å². The Labute approximate surface area is 168 Å². The van der Waals surface area contributed by atoms with E-state index in [4.69, 9.17) is 14.8 Å². The molecule has 3 rings (SSSR count). The Morgan fingerprint density at radius 2 is 2.14 bits per heavy atom. The molecule has 1 N–H and O–H groups in total. The van der Waals surface area contributed by atoms with E-state index in [-0.39, 0.29) is 6.61 Å². The Morgan fingerprint density at radius 1 is 1.31 bits per heavy atom. The van der Waals surface area contributed by atoms with Gasteiger partial charge < -0.3 is 14.6 Å². The van der Waals surface area contributed by atoms with Crippen molar-refractivity contribution in [3.63, 3.8) is 0 Å². The fourth-order valence-corrected chi connectivity index (χ4v) is 3.23. The molecule has 0 aliphatic heterocycles. The third kappa shape index (κ3) is 4.60. The van der Waals surface area contributed by atoms with Crippen LogP contribution in [0.15, 0.2) is 30.7 Å². The lowest BCUT2D eigenvalue weighted by molar-refractivity contribution is 0.0933. The van der Waals surface area contributed by atoms with E-state index < -0.39 is 6.16 Å². The van der Waals surface area contributed by atoms with Crippen LogP contribution in [-0.2, 0) is 22.6 Å². The molecule has 0 aromatic carbocycles. The molecule has 3 aromatic heterocycles. The quantitative estimate of drug-likeness (QED) is 0.453. The van der Waals surface area contributed by atoms with Crippen LogP contribution in [0.1, 0.15) is 30.2 Å². The lowest BCUT2D eigenvalue weighted by Gasteiger charge is -2.14. The Kier molecular flexibility index (Phi) is 6.56. The van der Waals surface area contributed by atoms with Crippen molar-refractivity contribution in [2.75, 3.05) is 13.7 Å². The van der Waals surface area contributed by atoms with Gasteiger partial charge in [0.05, 0.1) is 25.1 Å². The fraction of sp³-hybridized carbons (Fsp3) is 0.333. The minimum absolute atomic E-state index is 0.0935. The number of aromatic nitrogens is 4. The minimum atomic E-state index is -1.28. The maximum Gasteiger partial charge on any atom is 0.505 e. The van der Waals surface area contributed by atoms with Gasteiger partial charge in [0.15, 0.2) is 5.65 Å². The first-order chi connectivity index (χ1) is 14.0. The Morgan fingerprint density at radius 3 is 2.83 bits per heavy atom. The molecule has 3 heterocycles. The molecule has 0 fully saturated rings. The molecule has 0 bridgehead atoms. The van der Waals surface area contributed by atoms with Crippen molar-refractivity contribution >= 4 is 23.3 Å². The van der Waals surface area contributed by atoms with Gasteiger partial charge in [0.1, 0.15) is 0 Å². The molecule has 0 amide bonds. The summed E-state index contributed by atoms with van der Waals surface area (Å²) in [5.74, 6) is 0. The SMILES string of the molecule is CCn1ncc2c(-c3cncc(C)c3)c(/C=C/CCOC(=O)O)c(COC)nc21. The molecular formula is C21H24N4O4. The van der Waals surface area contributed by atoms with Crippen molar-refractivity contribution in [3.8, 4) is 11.1 Å². The standard InChI is InChI=1S/C21H24N4O4/c1-4-25-20-17(12-23-25)19(15-9-14(2)10-22-11-15)16(18(24-20)13-28-3)7-5-6-8-29-21(26)27/h5,7,9-12H,4,6,8,13H2,1-3H3,(H,26,27)/b7-5+. The first-order valence-electron chi connectivity index (χ1n) is 9.36. The monoisotopic (exact) mass is 396 g/mol. The van der Waals surface area contributed by atoms with Gasteiger partial charge in [-0.05, 0) is 25.5 Å². The highest BCUT2D eigenvalue weighted by atomic mass is 16.7. The topological polar surface area (TPSA) is 99.4 Å². The third-order valence-electron chi connectivity index (χ3n) is 4.44. The average molecular weight is 396 g/mol. The maximum absolute atomic E-state index is 10.5. The summed E-state index contributed by atoms with van der Waals surface area (Å²) in [6, 6.07) is 2.08. The van der Waals surface area contributed by atoms with E-state index in [0.717, 1.165) is 39.0 Å². The summed E-state index contributed by atoms with van der Waals surface area (Å²) in [6.45, 7) is 5.15. The molecule has 152 valence electrons. The van der Waals surface area contributed by atoms with Crippen LogP contribution in [0, 0.1) is 6.92 Å². The number of rotatable bonds is 8. The van der Waals surface area contributed by atoms with Gasteiger partial charge in [-0.1, -0.05) is 12.2 Å². The van der Waals surface area contributed by atoms with Crippen molar-refractivity contribution < 1.29 is 19.4 Å². The number of hydrogen-bond acceptors (Lipinski definition) is 6. The van der Waals surface area contributed by atoms with Crippen LogP contribution in [-0.4, -0.2) is 44.7 Å². The van der Waals surface area contributed by atoms with E-state index in [2.05, 4.69) is 20.9 Å². The zero-order chi connectivity index (χ0) is 20.8. The smallest absolute Gasteiger partial charge is 0.450 e. The Hall–Kier alpha value is -3.26. The summed E-state index contributed by atoms with van der Waals surface area (Å²) in [4.78, 5) is 19.7. The lowest BCUT2D eigenvalue weighted by atomic mass is 9.96. The summed E-state index contributed by atoms with van der Waals surface area (Å²) in [5.41, 5.74) is 5.47. The van der Waals surface area contributed by atoms with Crippen molar-refractivity contribution in [1.29, 1.82) is 0 Å². The first kappa shape index (κ1) is 20.5. The Balaban J connectivity index is 2.17. The fourth-order valence-electron chi connectivity index (χ4n) is 3.23. The predicted octanol–water partition coefficient (Wildman–Crippen LogP) is 4.07. The van der Waals surface area contributed by atoms with E-state index in [1.54, 1.807) is 7.11 Å². The number of hydrogen-bond donors (Lipinski definition) is 1. The molecule has 0 radical (unpaired) electrons. The number of pyridine rings is 2. The van der Waals surface area contributed by atoms with E-state index in [0.29, 0.717) is 19.6 Å². The molecule has 8 nitrogen and oxygen atoms in total. The molecule has 0 saturated heterocycles. The van der Waals surface area contributed by atoms with Crippen molar-refractivity contribution in [2.24, 2.45) is 0 Å². The van der Waals surface area contributed by atoms with Crippen LogP contribution in [0.25, 0.3) is 28.2 Å². The second kappa shape index (κ2) is 9.29. The van der Waals surface area contributed by atoms with E-state index >= 15 is 0 Å². The normalized spacial score (nSPS) is 11.4.